The molecule has 1 fully saturated rings. The summed E-state index contributed by atoms with van der Waals surface area (Å²) in [4.78, 5) is 12.2. The van der Waals surface area contributed by atoms with Gasteiger partial charge in [0.15, 0.2) is 0 Å². The van der Waals surface area contributed by atoms with Crippen molar-refractivity contribution < 1.29 is 14.3 Å². The largest absolute Gasteiger partial charge is 0.457 e. The molecule has 0 aliphatic carbocycles. The van der Waals surface area contributed by atoms with E-state index in [0.29, 0.717) is 35.2 Å². The molecule has 0 unspecified atom stereocenters. The number of benzene rings is 2. The van der Waals surface area contributed by atoms with Crippen LogP contribution in [-0.4, -0.2) is 24.7 Å². The second-order valence-electron chi connectivity index (χ2n) is 5.63. The molecule has 2 aromatic rings. The van der Waals surface area contributed by atoms with Gasteiger partial charge in [0.05, 0.1) is 6.10 Å². The van der Waals surface area contributed by atoms with Gasteiger partial charge in [0.2, 0.25) is 0 Å². The van der Waals surface area contributed by atoms with Gasteiger partial charge in [0.25, 0.3) is 5.91 Å². The molecule has 25 heavy (non-hydrogen) atoms. The lowest BCUT2D eigenvalue weighted by atomic mass is 10.2. The Labute approximate surface area is 157 Å². The molecule has 1 saturated heterocycles. The number of anilines is 1. The van der Waals surface area contributed by atoms with E-state index in [1.54, 1.807) is 36.4 Å². The van der Waals surface area contributed by atoms with Gasteiger partial charge in [-0.2, -0.15) is 0 Å². The van der Waals surface area contributed by atoms with E-state index < -0.39 is 6.10 Å². The molecule has 0 spiro atoms. The van der Waals surface area contributed by atoms with E-state index in [0.717, 1.165) is 6.42 Å². The number of nitrogens with one attached hydrogen (secondary N) is 1. The van der Waals surface area contributed by atoms with Crippen LogP contribution in [0.5, 0.6) is 11.5 Å². The molecule has 0 saturated carbocycles. The maximum atomic E-state index is 12.2. The summed E-state index contributed by atoms with van der Waals surface area (Å²) in [6, 6.07) is 14.3. The highest BCUT2D eigenvalue weighted by molar-refractivity contribution is 6.30. The number of ether oxygens (including phenoxy) is 2. The van der Waals surface area contributed by atoms with Crippen molar-refractivity contribution in [1.29, 1.82) is 0 Å². The van der Waals surface area contributed by atoms with Crippen LogP contribution >= 0.6 is 24.0 Å². The molecule has 1 aliphatic heterocycles. The van der Waals surface area contributed by atoms with Gasteiger partial charge in [0, 0.05) is 17.3 Å². The van der Waals surface area contributed by atoms with E-state index in [2.05, 4.69) is 5.32 Å². The predicted octanol–water partition coefficient (Wildman–Crippen LogP) is 4.00. The minimum absolute atomic E-state index is 0. The van der Waals surface area contributed by atoms with Crippen LogP contribution < -0.4 is 15.8 Å². The minimum Gasteiger partial charge on any atom is -0.457 e. The fraction of sp³-hybridized carbons (Fsp3) is 0.278. The van der Waals surface area contributed by atoms with Crippen molar-refractivity contribution in [3.05, 3.63) is 53.6 Å². The molecule has 0 bridgehead atoms. The number of halogens is 2. The highest BCUT2D eigenvalue weighted by Gasteiger charge is 2.29. The zero-order chi connectivity index (χ0) is 16.9. The smallest absolute Gasteiger partial charge is 0.253 e. The van der Waals surface area contributed by atoms with Crippen LogP contribution in [0.2, 0.25) is 5.02 Å². The maximum absolute atomic E-state index is 12.2. The third-order valence-electron chi connectivity index (χ3n) is 3.82. The molecule has 134 valence electrons. The standard InChI is InChI=1S/C18H19ClN2O3.ClH/c19-12-2-1-3-15(10-12)23-14-6-4-13(5-7-14)21-18(22)17-9-8-16(11-20)24-17;/h1-7,10,16-17H,8-9,11,20H2,(H,21,22);1H/t16-,17+;/m1./s1. The molecule has 2 aromatic carbocycles. The van der Waals surface area contributed by atoms with Crippen LogP contribution in [-0.2, 0) is 9.53 Å². The van der Waals surface area contributed by atoms with Crippen LogP contribution in [0.3, 0.4) is 0 Å². The quantitative estimate of drug-likeness (QED) is 0.819. The van der Waals surface area contributed by atoms with Crippen LogP contribution in [0, 0.1) is 0 Å². The summed E-state index contributed by atoms with van der Waals surface area (Å²) in [5.74, 6) is 1.18. The Bertz CT molecular complexity index is 710. The highest BCUT2D eigenvalue weighted by atomic mass is 35.5. The molecule has 1 heterocycles. The summed E-state index contributed by atoms with van der Waals surface area (Å²) >= 11 is 5.93. The zero-order valence-electron chi connectivity index (χ0n) is 13.5. The van der Waals surface area contributed by atoms with E-state index in [4.69, 9.17) is 26.8 Å². The van der Waals surface area contributed by atoms with Crippen molar-refractivity contribution >= 4 is 35.6 Å². The number of carbonyl (C=O) groups is 1. The monoisotopic (exact) mass is 382 g/mol. The molecule has 7 heteroatoms. The molecule has 3 rings (SSSR count). The van der Waals surface area contributed by atoms with Crippen molar-refractivity contribution in [2.75, 3.05) is 11.9 Å². The van der Waals surface area contributed by atoms with Crippen molar-refractivity contribution in [3.8, 4) is 11.5 Å². The van der Waals surface area contributed by atoms with E-state index in [-0.39, 0.29) is 24.4 Å². The first kappa shape index (κ1) is 19.5. The highest BCUT2D eigenvalue weighted by Crippen LogP contribution is 2.26. The van der Waals surface area contributed by atoms with Gasteiger partial charge in [-0.15, -0.1) is 12.4 Å². The van der Waals surface area contributed by atoms with Gasteiger partial charge >= 0.3 is 0 Å². The molecular formula is C18H20Cl2N2O3. The lowest BCUT2D eigenvalue weighted by Gasteiger charge is -2.13. The second-order valence-corrected chi connectivity index (χ2v) is 6.07. The molecular weight excluding hydrogens is 363 g/mol. The van der Waals surface area contributed by atoms with E-state index in [1.165, 1.54) is 0 Å². The number of hydrogen-bond acceptors (Lipinski definition) is 4. The average molecular weight is 383 g/mol. The summed E-state index contributed by atoms with van der Waals surface area (Å²) in [7, 11) is 0. The average Bonchev–Trinajstić information content (AvgIpc) is 3.06. The predicted molar refractivity (Wildman–Crippen MR) is 101 cm³/mol. The number of amides is 1. The molecule has 2 atom stereocenters. The molecule has 0 radical (unpaired) electrons. The second kappa shape index (κ2) is 9.06. The number of carbonyl (C=O) groups excluding carboxylic acids is 1. The SMILES string of the molecule is Cl.NC[C@H]1CC[C@@H](C(=O)Nc2ccc(Oc3cccc(Cl)c3)cc2)O1. The molecule has 5 nitrogen and oxygen atoms in total. The van der Waals surface area contributed by atoms with Crippen molar-refractivity contribution in [2.24, 2.45) is 5.73 Å². The topological polar surface area (TPSA) is 73.6 Å². The molecule has 1 amide bonds. The Morgan fingerprint density at radius 3 is 2.60 bits per heavy atom. The summed E-state index contributed by atoms with van der Waals surface area (Å²) in [6.07, 6.45) is 1.07. The normalized spacial score (nSPS) is 19.1. The van der Waals surface area contributed by atoms with Gasteiger partial charge in [-0.3, -0.25) is 4.79 Å². The van der Waals surface area contributed by atoms with Crippen LogP contribution in [0.25, 0.3) is 0 Å². The maximum Gasteiger partial charge on any atom is 0.253 e. The Hall–Kier alpha value is -1.79. The van der Waals surface area contributed by atoms with E-state index in [9.17, 15) is 4.79 Å². The van der Waals surface area contributed by atoms with Gasteiger partial charge < -0.3 is 20.5 Å². The Kier molecular flexibility index (Phi) is 7.08. The van der Waals surface area contributed by atoms with Crippen molar-refractivity contribution in [2.45, 2.75) is 25.0 Å². The number of rotatable bonds is 5. The fourth-order valence-electron chi connectivity index (χ4n) is 2.57. The molecule has 3 N–H and O–H groups in total. The zero-order valence-corrected chi connectivity index (χ0v) is 15.1. The van der Waals surface area contributed by atoms with Gasteiger partial charge in [-0.05, 0) is 55.3 Å². The Balaban J connectivity index is 0.00000225. The first-order valence-electron chi connectivity index (χ1n) is 7.84. The molecule has 0 aromatic heterocycles. The third kappa shape index (κ3) is 5.34. The number of hydrogen-bond donors (Lipinski definition) is 2. The van der Waals surface area contributed by atoms with E-state index >= 15 is 0 Å². The third-order valence-corrected chi connectivity index (χ3v) is 4.05. The summed E-state index contributed by atoms with van der Waals surface area (Å²) < 4.78 is 11.3. The fourth-order valence-corrected chi connectivity index (χ4v) is 2.75. The summed E-state index contributed by atoms with van der Waals surface area (Å²) in [5, 5.41) is 3.46. The lowest BCUT2D eigenvalue weighted by molar-refractivity contribution is -0.126. The number of nitrogens with two attached hydrogens (primary N) is 1. The van der Waals surface area contributed by atoms with Crippen molar-refractivity contribution in [1.82, 2.24) is 0 Å². The first-order valence-corrected chi connectivity index (χ1v) is 8.22. The minimum atomic E-state index is -0.430. The van der Waals surface area contributed by atoms with Gasteiger partial charge in [-0.25, -0.2) is 0 Å². The van der Waals surface area contributed by atoms with E-state index in [1.807, 2.05) is 12.1 Å². The van der Waals surface area contributed by atoms with Crippen LogP contribution in [0.15, 0.2) is 48.5 Å². The first-order chi connectivity index (χ1) is 11.6. The van der Waals surface area contributed by atoms with Crippen LogP contribution in [0.1, 0.15) is 12.8 Å². The Morgan fingerprint density at radius 1 is 1.20 bits per heavy atom. The van der Waals surface area contributed by atoms with Gasteiger partial charge in [-0.1, -0.05) is 17.7 Å². The van der Waals surface area contributed by atoms with Crippen molar-refractivity contribution in [3.63, 3.8) is 0 Å². The Morgan fingerprint density at radius 2 is 1.96 bits per heavy atom. The van der Waals surface area contributed by atoms with Crippen LogP contribution in [0.4, 0.5) is 5.69 Å². The molecule has 1 aliphatic rings. The summed E-state index contributed by atoms with van der Waals surface area (Å²) in [5.41, 5.74) is 6.25. The lowest BCUT2D eigenvalue weighted by Crippen LogP contribution is -2.29. The summed E-state index contributed by atoms with van der Waals surface area (Å²) in [6.45, 7) is 0.444. The van der Waals surface area contributed by atoms with Gasteiger partial charge in [0.1, 0.15) is 17.6 Å².